The van der Waals surface area contributed by atoms with Crippen molar-refractivity contribution in [3.8, 4) is 5.75 Å². The monoisotopic (exact) mass is 404 g/mol. The first kappa shape index (κ1) is 19.6. The van der Waals surface area contributed by atoms with Crippen LogP contribution >= 0.6 is 22.9 Å². The number of ether oxygens (including phenoxy) is 1. The van der Waals surface area contributed by atoms with Crippen LogP contribution < -0.4 is 9.64 Å². The zero-order valence-electron chi connectivity index (χ0n) is 15.7. The van der Waals surface area contributed by atoms with Gasteiger partial charge in [0.05, 0.1) is 30.9 Å². The van der Waals surface area contributed by atoms with Crippen molar-refractivity contribution in [1.29, 1.82) is 0 Å². The van der Waals surface area contributed by atoms with E-state index in [0.29, 0.717) is 24.7 Å². The molecule has 3 rings (SSSR count). The fraction of sp³-hybridized carbons (Fsp3) is 0.300. The van der Waals surface area contributed by atoms with Gasteiger partial charge in [-0.1, -0.05) is 23.7 Å². The van der Waals surface area contributed by atoms with Gasteiger partial charge in [0.2, 0.25) is 0 Å². The number of fused-ring (bicyclic) bond motifs is 1. The molecule has 0 fully saturated rings. The lowest BCUT2D eigenvalue weighted by Gasteiger charge is -2.20. The summed E-state index contributed by atoms with van der Waals surface area (Å²) in [6.07, 6.45) is 0. The molecule has 0 saturated carbocycles. The van der Waals surface area contributed by atoms with Crippen molar-refractivity contribution in [2.45, 2.75) is 13.1 Å². The minimum Gasteiger partial charge on any atom is -0.496 e. The van der Waals surface area contributed by atoms with Gasteiger partial charge in [-0.3, -0.25) is 4.79 Å². The van der Waals surface area contributed by atoms with Crippen LogP contribution in [0.4, 0.5) is 0 Å². The van der Waals surface area contributed by atoms with Crippen molar-refractivity contribution in [1.82, 2.24) is 9.88 Å². The van der Waals surface area contributed by atoms with Crippen LogP contribution in [-0.2, 0) is 17.9 Å². The molecule has 0 radical (unpaired) electrons. The highest BCUT2D eigenvalue weighted by Gasteiger charge is 2.18. The highest BCUT2D eigenvalue weighted by molar-refractivity contribution is 7.18. The molecule has 1 amide bonds. The second kappa shape index (κ2) is 8.69. The fourth-order valence-electron chi connectivity index (χ4n) is 2.94. The first-order valence-corrected chi connectivity index (χ1v) is 9.88. The zero-order valence-corrected chi connectivity index (χ0v) is 17.2. The summed E-state index contributed by atoms with van der Waals surface area (Å²) in [4.78, 5) is 20.0. The topological polar surface area (TPSA) is 46.9 Å². The number of hydrogen-bond acceptors (Lipinski definition) is 4. The number of benzene rings is 2. The number of methoxy groups -OCH3 is 1. The van der Waals surface area contributed by atoms with Gasteiger partial charge in [-0.05, 0) is 30.3 Å². The first-order valence-electron chi connectivity index (χ1n) is 8.68. The smallest absolute Gasteiger partial charge is 0.277 e. The lowest BCUT2D eigenvalue weighted by atomic mass is 10.2. The van der Waals surface area contributed by atoms with Gasteiger partial charge in [-0.15, -0.1) is 11.3 Å². The molecule has 7 heteroatoms. The number of amides is 1. The molecule has 2 aromatic carbocycles. The van der Waals surface area contributed by atoms with Gasteiger partial charge in [-0.2, -0.15) is 0 Å². The molecule has 27 heavy (non-hydrogen) atoms. The lowest BCUT2D eigenvalue weighted by Crippen LogP contribution is -3.08. The Kier molecular flexibility index (Phi) is 6.31. The Morgan fingerprint density at radius 1 is 1.30 bits per heavy atom. The van der Waals surface area contributed by atoms with Crippen LogP contribution in [0.3, 0.4) is 0 Å². The molecule has 1 aromatic heterocycles. The minimum atomic E-state index is 0.0766. The van der Waals surface area contributed by atoms with Gasteiger partial charge in [0.25, 0.3) is 5.91 Å². The third kappa shape index (κ3) is 4.97. The van der Waals surface area contributed by atoms with Crippen molar-refractivity contribution in [2.75, 3.05) is 27.7 Å². The Labute approximate surface area is 168 Å². The molecule has 3 aromatic rings. The average molecular weight is 405 g/mol. The summed E-state index contributed by atoms with van der Waals surface area (Å²) in [5.74, 6) is 0.863. The number of carbonyl (C=O) groups is 1. The van der Waals surface area contributed by atoms with Crippen molar-refractivity contribution in [2.24, 2.45) is 0 Å². The molecular weight excluding hydrogens is 382 g/mol. The molecule has 0 aliphatic rings. The van der Waals surface area contributed by atoms with E-state index >= 15 is 0 Å². The molecular formula is C20H23ClN3O2S+. The van der Waals surface area contributed by atoms with Crippen LogP contribution in [0.15, 0.2) is 42.5 Å². The maximum Gasteiger partial charge on any atom is 0.277 e. The van der Waals surface area contributed by atoms with Gasteiger partial charge in [0.1, 0.15) is 17.3 Å². The number of nitrogens with zero attached hydrogens (tertiary/aromatic N) is 2. The summed E-state index contributed by atoms with van der Waals surface area (Å²) in [7, 11) is 5.45. The predicted octanol–water partition coefficient (Wildman–Crippen LogP) is 2.63. The van der Waals surface area contributed by atoms with Crippen LogP contribution in [-0.4, -0.2) is 43.5 Å². The summed E-state index contributed by atoms with van der Waals surface area (Å²) in [6, 6.07) is 13.6. The van der Waals surface area contributed by atoms with E-state index in [1.165, 1.54) is 0 Å². The van der Waals surface area contributed by atoms with Crippen molar-refractivity contribution < 1.29 is 14.4 Å². The van der Waals surface area contributed by atoms with E-state index in [2.05, 4.69) is 11.1 Å². The number of carbonyl (C=O) groups excluding carboxylic acids is 1. The third-order valence-corrected chi connectivity index (χ3v) is 5.58. The number of hydrogen-bond donors (Lipinski definition) is 1. The summed E-state index contributed by atoms with van der Waals surface area (Å²) in [6.45, 7) is 1.56. The standard InChI is InChI=1S/C20H22ClN3O2S/c1-23(11-14-10-15(21)8-9-17(14)26-3)13-20(25)24(2)12-19-22-16-6-4-5-7-18(16)27-19/h4-10H,11-13H2,1-3H3/p+1. The van der Waals surface area contributed by atoms with Crippen LogP contribution in [0, 0.1) is 0 Å². The maximum atomic E-state index is 12.6. The van der Waals surface area contributed by atoms with Crippen LogP contribution in [0.25, 0.3) is 10.2 Å². The second-order valence-electron chi connectivity index (χ2n) is 6.59. The van der Waals surface area contributed by atoms with Crippen LogP contribution in [0.1, 0.15) is 10.6 Å². The first-order chi connectivity index (χ1) is 13.0. The van der Waals surface area contributed by atoms with Gasteiger partial charge >= 0.3 is 0 Å². The van der Waals surface area contributed by atoms with Gasteiger partial charge in [-0.25, -0.2) is 4.98 Å². The largest absolute Gasteiger partial charge is 0.496 e. The summed E-state index contributed by atoms with van der Waals surface area (Å²) in [5, 5.41) is 1.61. The normalized spacial score (nSPS) is 12.1. The summed E-state index contributed by atoms with van der Waals surface area (Å²) in [5.41, 5.74) is 1.97. The fourth-order valence-corrected chi connectivity index (χ4v) is 4.16. The number of rotatable bonds is 7. The highest BCUT2D eigenvalue weighted by atomic mass is 35.5. The van der Waals surface area contributed by atoms with E-state index in [4.69, 9.17) is 16.3 Å². The Morgan fingerprint density at radius 3 is 2.81 bits per heavy atom. The number of halogens is 1. The Morgan fingerprint density at radius 2 is 2.07 bits per heavy atom. The molecule has 1 unspecified atom stereocenters. The van der Waals surface area contributed by atoms with E-state index < -0.39 is 0 Å². The molecule has 1 N–H and O–H groups in total. The van der Waals surface area contributed by atoms with Crippen molar-refractivity contribution in [3.05, 3.63) is 58.1 Å². The molecule has 0 bridgehead atoms. The van der Waals surface area contributed by atoms with E-state index in [-0.39, 0.29) is 5.91 Å². The highest BCUT2D eigenvalue weighted by Crippen LogP contribution is 2.23. The quantitative estimate of drug-likeness (QED) is 0.658. The van der Waals surface area contributed by atoms with Crippen molar-refractivity contribution >= 4 is 39.1 Å². The van der Waals surface area contributed by atoms with E-state index in [1.807, 2.05) is 44.4 Å². The number of para-hydroxylation sites is 1. The lowest BCUT2D eigenvalue weighted by molar-refractivity contribution is -0.885. The molecule has 1 heterocycles. The summed E-state index contributed by atoms with van der Waals surface area (Å²) >= 11 is 7.72. The predicted molar refractivity (Wildman–Crippen MR) is 110 cm³/mol. The Bertz CT molecular complexity index is 911. The molecule has 0 aliphatic heterocycles. The van der Waals surface area contributed by atoms with Gasteiger partial charge < -0.3 is 14.5 Å². The molecule has 0 saturated heterocycles. The Hall–Kier alpha value is -2.15. The third-order valence-electron chi connectivity index (χ3n) is 4.32. The van der Waals surface area contributed by atoms with Gasteiger partial charge in [0.15, 0.2) is 6.54 Å². The number of thiazole rings is 1. The number of likely N-dealkylation sites (N-methyl/N-ethyl adjacent to an activating group) is 2. The van der Waals surface area contributed by atoms with E-state index in [1.54, 1.807) is 29.4 Å². The maximum absolute atomic E-state index is 12.6. The number of nitrogens with one attached hydrogen (secondary N) is 1. The second-order valence-corrected chi connectivity index (χ2v) is 8.14. The Balaban J connectivity index is 1.59. The number of quaternary nitrogens is 1. The number of aromatic nitrogens is 1. The summed E-state index contributed by atoms with van der Waals surface area (Å²) < 4.78 is 6.53. The molecule has 5 nitrogen and oxygen atoms in total. The van der Waals surface area contributed by atoms with Crippen LogP contribution in [0.2, 0.25) is 5.02 Å². The molecule has 0 aliphatic carbocycles. The zero-order chi connectivity index (χ0) is 19.4. The minimum absolute atomic E-state index is 0.0766. The molecule has 0 spiro atoms. The van der Waals surface area contributed by atoms with Crippen LogP contribution in [0.5, 0.6) is 5.75 Å². The van der Waals surface area contributed by atoms with E-state index in [0.717, 1.165) is 31.4 Å². The van der Waals surface area contributed by atoms with E-state index in [9.17, 15) is 4.79 Å². The molecule has 142 valence electrons. The van der Waals surface area contributed by atoms with Crippen molar-refractivity contribution in [3.63, 3.8) is 0 Å². The average Bonchev–Trinajstić information content (AvgIpc) is 3.04. The van der Waals surface area contributed by atoms with Gasteiger partial charge in [0, 0.05) is 17.6 Å². The molecule has 1 atom stereocenters. The SMILES string of the molecule is COc1ccc(Cl)cc1C[NH+](C)CC(=O)N(C)Cc1nc2ccccc2s1.